The minimum atomic E-state index is -0.323. The van der Waals surface area contributed by atoms with Crippen LogP contribution in [-0.4, -0.2) is 20.2 Å². The standard InChI is InChI=1S/C17H20O3/c1-10(2)12-6-7-13(17(18)20-5)15-9-16(19-4)11(3)8-14(12)15/h6-10H,1-5H3. The Labute approximate surface area is 119 Å². The second-order valence-electron chi connectivity index (χ2n) is 5.22. The monoisotopic (exact) mass is 272 g/mol. The zero-order chi connectivity index (χ0) is 14.9. The quantitative estimate of drug-likeness (QED) is 0.790. The van der Waals surface area contributed by atoms with Gasteiger partial charge in [-0.05, 0) is 47.6 Å². The second-order valence-corrected chi connectivity index (χ2v) is 5.22. The molecule has 0 bridgehead atoms. The van der Waals surface area contributed by atoms with Crippen molar-refractivity contribution in [1.82, 2.24) is 0 Å². The van der Waals surface area contributed by atoms with Gasteiger partial charge in [0.1, 0.15) is 5.75 Å². The SMILES string of the molecule is COC(=O)c1ccc(C(C)C)c2cc(C)c(OC)cc12. The molecule has 0 amide bonds. The normalized spacial score (nSPS) is 10.9. The molecule has 3 nitrogen and oxygen atoms in total. The largest absolute Gasteiger partial charge is 0.496 e. The third-order valence-electron chi connectivity index (χ3n) is 3.59. The van der Waals surface area contributed by atoms with E-state index in [0.29, 0.717) is 11.5 Å². The summed E-state index contributed by atoms with van der Waals surface area (Å²) in [6.07, 6.45) is 0. The number of rotatable bonds is 3. The van der Waals surface area contributed by atoms with Crippen LogP contribution in [0.25, 0.3) is 10.8 Å². The van der Waals surface area contributed by atoms with Gasteiger partial charge in [-0.3, -0.25) is 0 Å². The maximum absolute atomic E-state index is 11.9. The van der Waals surface area contributed by atoms with Gasteiger partial charge in [0.25, 0.3) is 0 Å². The molecule has 0 unspecified atom stereocenters. The van der Waals surface area contributed by atoms with E-state index >= 15 is 0 Å². The van der Waals surface area contributed by atoms with Crippen molar-refractivity contribution in [3.63, 3.8) is 0 Å². The molecule has 0 heterocycles. The highest BCUT2D eigenvalue weighted by atomic mass is 16.5. The number of methoxy groups -OCH3 is 2. The molecular formula is C17H20O3. The van der Waals surface area contributed by atoms with Gasteiger partial charge in [0, 0.05) is 5.39 Å². The lowest BCUT2D eigenvalue weighted by molar-refractivity contribution is 0.0603. The van der Waals surface area contributed by atoms with Gasteiger partial charge in [-0.1, -0.05) is 19.9 Å². The van der Waals surface area contributed by atoms with Gasteiger partial charge in [-0.2, -0.15) is 0 Å². The predicted molar refractivity (Wildman–Crippen MR) is 80.7 cm³/mol. The molecule has 106 valence electrons. The molecule has 2 aromatic rings. The Hall–Kier alpha value is -2.03. The van der Waals surface area contributed by atoms with Crippen molar-refractivity contribution in [3.05, 3.63) is 41.0 Å². The molecule has 0 fully saturated rings. The lowest BCUT2D eigenvalue weighted by atomic mass is 9.92. The molecule has 0 N–H and O–H groups in total. The number of esters is 1. The van der Waals surface area contributed by atoms with Crippen LogP contribution in [0.5, 0.6) is 5.75 Å². The van der Waals surface area contributed by atoms with E-state index < -0.39 is 0 Å². The molecule has 20 heavy (non-hydrogen) atoms. The van der Waals surface area contributed by atoms with Crippen LogP contribution < -0.4 is 4.74 Å². The number of benzene rings is 2. The molecule has 0 aliphatic heterocycles. The van der Waals surface area contributed by atoms with E-state index in [1.807, 2.05) is 25.1 Å². The maximum Gasteiger partial charge on any atom is 0.338 e. The van der Waals surface area contributed by atoms with Crippen molar-refractivity contribution in [2.45, 2.75) is 26.7 Å². The van der Waals surface area contributed by atoms with E-state index in [1.54, 1.807) is 7.11 Å². The van der Waals surface area contributed by atoms with Crippen molar-refractivity contribution in [1.29, 1.82) is 0 Å². The van der Waals surface area contributed by atoms with Gasteiger partial charge >= 0.3 is 5.97 Å². The van der Waals surface area contributed by atoms with Gasteiger partial charge in [-0.25, -0.2) is 4.79 Å². The molecule has 0 saturated heterocycles. The Bertz CT molecular complexity index is 657. The molecule has 2 rings (SSSR count). The summed E-state index contributed by atoms with van der Waals surface area (Å²) >= 11 is 0. The first-order valence-corrected chi connectivity index (χ1v) is 6.69. The average molecular weight is 272 g/mol. The third kappa shape index (κ3) is 2.36. The fourth-order valence-corrected chi connectivity index (χ4v) is 2.51. The van der Waals surface area contributed by atoms with Crippen LogP contribution in [0.1, 0.15) is 41.3 Å². The highest BCUT2D eigenvalue weighted by molar-refractivity contribution is 6.06. The highest BCUT2D eigenvalue weighted by Crippen LogP contribution is 2.33. The number of carbonyl (C=O) groups excluding carboxylic acids is 1. The number of ether oxygens (including phenoxy) is 2. The number of carbonyl (C=O) groups is 1. The van der Waals surface area contributed by atoms with E-state index in [0.717, 1.165) is 22.1 Å². The maximum atomic E-state index is 11.9. The topological polar surface area (TPSA) is 35.5 Å². The lowest BCUT2D eigenvalue weighted by Crippen LogP contribution is -2.04. The predicted octanol–water partition coefficient (Wildman–Crippen LogP) is 4.07. The Morgan fingerprint density at radius 1 is 1.10 bits per heavy atom. The zero-order valence-corrected chi connectivity index (χ0v) is 12.6. The van der Waals surface area contributed by atoms with Crippen LogP contribution in [0.2, 0.25) is 0 Å². The van der Waals surface area contributed by atoms with Crippen molar-refractivity contribution >= 4 is 16.7 Å². The first-order valence-electron chi connectivity index (χ1n) is 6.69. The summed E-state index contributed by atoms with van der Waals surface area (Å²) in [5.41, 5.74) is 2.85. The zero-order valence-electron chi connectivity index (χ0n) is 12.6. The van der Waals surface area contributed by atoms with E-state index in [2.05, 4.69) is 19.9 Å². The smallest absolute Gasteiger partial charge is 0.338 e. The van der Waals surface area contributed by atoms with Crippen molar-refractivity contribution in [2.24, 2.45) is 0 Å². The van der Waals surface area contributed by atoms with Crippen LogP contribution >= 0.6 is 0 Å². The highest BCUT2D eigenvalue weighted by Gasteiger charge is 2.16. The average Bonchev–Trinajstić information content (AvgIpc) is 2.44. The number of fused-ring (bicyclic) bond motifs is 1. The molecule has 2 aromatic carbocycles. The van der Waals surface area contributed by atoms with E-state index in [-0.39, 0.29) is 5.97 Å². The second kappa shape index (κ2) is 5.53. The summed E-state index contributed by atoms with van der Waals surface area (Å²) < 4.78 is 10.2. The minimum absolute atomic E-state index is 0.323. The molecule has 0 radical (unpaired) electrons. The molecule has 0 aliphatic carbocycles. The number of aryl methyl sites for hydroxylation is 1. The molecule has 0 spiro atoms. The molecule has 0 aromatic heterocycles. The van der Waals surface area contributed by atoms with E-state index in [1.165, 1.54) is 12.7 Å². The van der Waals surface area contributed by atoms with Crippen LogP contribution in [0.3, 0.4) is 0 Å². The van der Waals surface area contributed by atoms with E-state index in [9.17, 15) is 4.79 Å². The Morgan fingerprint density at radius 3 is 2.35 bits per heavy atom. The number of hydrogen-bond donors (Lipinski definition) is 0. The van der Waals surface area contributed by atoms with Crippen LogP contribution in [0.4, 0.5) is 0 Å². The van der Waals surface area contributed by atoms with Gasteiger partial charge in [0.2, 0.25) is 0 Å². The summed E-state index contributed by atoms with van der Waals surface area (Å²) in [5.74, 6) is 0.844. The minimum Gasteiger partial charge on any atom is -0.496 e. The molecule has 0 saturated carbocycles. The molecule has 3 heteroatoms. The summed E-state index contributed by atoms with van der Waals surface area (Å²) in [6.45, 7) is 6.30. The fraction of sp³-hybridized carbons (Fsp3) is 0.353. The summed E-state index contributed by atoms with van der Waals surface area (Å²) in [7, 11) is 3.04. The first kappa shape index (κ1) is 14.4. The lowest BCUT2D eigenvalue weighted by Gasteiger charge is -2.15. The summed E-state index contributed by atoms with van der Waals surface area (Å²) in [4.78, 5) is 11.9. The van der Waals surface area contributed by atoms with Crippen LogP contribution in [-0.2, 0) is 4.74 Å². The third-order valence-corrected chi connectivity index (χ3v) is 3.59. The van der Waals surface area contributed by atoms with Crippen LogP contribution in [0.15, 0.2) is 24.3 Å². The van der Waals surface area contributed by atoms with Gasteiger partial charge in [-0.15, -0.1) is 0 Å². The number of hydrogen-bond acceptors (Lipinski definition) is 3. The Balaban J connectivity index is 2.85. The van der Waals surface area contributed by atoms with Crippen LogP contribution in [0, 0.1) is 6.92 Å². The molecular weight excluding hydrogens is 252 g/mol. The molecule has 0 atom stereocenters. The van der Waals surface area contributed by atoms with Crippen molar-refractivity contribution in [2.75, 3.05) is 14.2 Å². The van der Waals surface area contributed by atoms with Gasteiger partial charge in [0.05, 0.1) is 19.8 Å². The summed E-state index contributed by atoms with van der Waals surface area (Å²) in [5, 5.41) is 1.96. The van der Waals surface area contributed by atoms with Gasteiger partial charge < -0.3 is 9.47 Å². The first-order chi connectivity index (χ1) is 9.49. The fourth-order valence-electron chi connectivity index (χ4n) is 2.51. The Kier molecular flexibility index (Phi) is 3.98. The summed E-state index contributed by atoms with van der Waals surface area (Å²) in [6, 6.07) is 7.84. The molecule has 0 aliphatic rings. The van der Waals surface area contributed by atoms with Crippen molar-refractivity contribution in [3.8, 4) is 5.75 Å². The van der Waals surface area contributed by atoms with Crippen molar-refractivity contribution < 1.29 is 14.3 Å². The van der Waals surface area contributed by atoms with Gasteiger partial charge in [0.15, 0.2) is 0 Å². The Morgan fingerprint density at radius 2 is 1.80 bits per heavy atom. The van der Waals surface area contributed by atoms with E-state index in [4.69, 9.17) is 9.47 Å².